The first-order chi connectivity index (χ1) is 14.6. The first-order valence-electron chi connectivity index (χ1n) is 9.75. The van der Waals surface area contributed by atoms with Crippen LogP contribution in [0.3, 0.4) is 0 Å². The number of likely N-dealkylation sites (tertiary alicyclic amines) is 1. The molecule has 4 rings (SSSR count). The number of hydrogen-bond donors (Lipinski definition) is 3. The quantitative estimate of drug-likeness (QED) is 0.570. The molecule has 3 heterocycles. The number of fused-ring (bicyclic) bond motifs is 1. The van der Waals surface area contributed by atoms with Crippen molar-refractivity contribution in [2.45, 2.75) is 30.0 Å². The Hall–Kier alpha value is -1.53. The third kappa shape index (κ3) is 4.65. The fraction of sp³-hybridized carbons (Fsp3) is 0.579. The van der Waals surface area contributed by atoms with Gasteiger partial charge in [-0.15, -0.1) is 11.8 Å². The average Bonchev–Trinajstić information content (AvgIpc) is 2.65. The molecule has 12 heteroatoms. The van der Waals surface area contributed by atoms with Gasteiger partial charge in [-0.05, 0) is 32.0 Å². The molecule has 0 unspecified atom stereocenters. The van der Waals surface area contributed by atoms with E-state index in [1.54, 1.807) is 0 Å². The Balaban J connectivity index is 1.52. The highest BCUT2D eigenvalue weighted by Crippen LogP contribution is 2.43. The van der Waals surface area contributed by atoms with E-state index in [1.165, 1.54) is 0 Å². The van der Waals surface area contributed by atoms with Crippen LogP contribution in [0.5, 0.6) is 0 Å². The van der Waals surface area contributed by atoms with E-state index in [-0.39, 0.29) is 27.0 Å². The molecule has 1 aromatic heterocycles. The number of hydrogen-bond acceptors (Lipinski definition) is 6. The molecular formula is C19H21ClF3N3O4S. The topological polar surface area (TPSA) is 98.4 Å². The number of nitrogens with one attached hydrogen (secondary N) is 2. The highest BCUT2D eigenvalue weighted by Gasteiger charge is 2.41. The van der Waals surface area contributed by atoms with Crippen LogP contribution in [0.4, 0.5) is 13.2 Å². The lowest BCUT2D eigenvalue weighted by molar-refractivity contribution is -0.140. The van der Waals surface area contributed by atoms with Crippen molar-refractivity contribution >= 4 is 34.3 Å². The summed E-state index contributed by atoms with van der Waals surface area (Å²) in [4.78, 5) is 30.1. The fourth-order valence-electron chi connectivity index (χ4n) is 4.01. The summed E-state index contributed by atoms with van der Waals surface area (Å²) >= 11 is 6.91. The molecule has 2 saturated heterocycles. The van der Waals surface area contributed by atoms with E-state index in [0.717, 1.165) is 50.9 Å². The lowest BCUT2D eigenvalue weighted by Gasteiger charge is -2.47. The second-order valence-electron chi connectivity index (χ2n) is 8.15. The number of alkyl halides is 3. The Labute approximate surface area is 183 Å². The third-order valence-electron chi connectivity index (χ3n) is 5.86. The van der Waals surface area contributed by atoms with Crippen molar-refractivity contribution < 1.29 is 23.0 Å². The highest BCUT2D eigenvalue weighted by atomic mass is 35.5. The summed E-state index contributed by atoms with van der Waals surface area (Å²) in [5, 5.41) is 9.54. The van der Waals surface area contributed by atoms with Crippen molar-refractivity contribution in [3.8, 4) is 0 Å². The van der Waals surface area contributed by atoms with Crippen molar-refractivity contribution in [3.05, 3.63) is 37.5 Å². The second-order valence-corrected chi connectivity index (χ2v) is 9.56. The van der Waals surface area contributed by atoms with Crippen LogP contribution < -0.4 is 11.2 Å². The van der Waals surface area contributed by atoms with Gasteiger partial charge in [-0.1, -0.05) is 11.6 Å². The van der Waals surface area contributed by atoms with Gasteiger partial charge in [-0.25, -0.2) is 4.79 Å². The molecule has 1 aromatic carbocycles. The van der Waals surface area contributed by atoms with Crippen molar-refractivity contribution in [2.75, 3.05) is 38.6 Å². The van der Waals surface area contributed by atoms with Crippen molar-refractivity contribution in [1.29, 1.82) is 0 Å². The van der Waals surface area contributed by atoms with Crippen LogP contribution in [0.15, 0.2) is 20.6 Å². The van der Waals surface area contributed by atoms with Crippen molar-refractivity contribution in [3.63, 3.8) is 0 Å². The zero-order chi connectivity index (χ0) is 22.4. The van der Waals surface area contributed by atoms with Gasteiger partial charge in [0.05, 0.1) is 45.7 Å². The fourth-order valence-corrected chi connectivity index (χ4v) is 5.44. The van der Waals surface area contributed by atoms with E-state index in [4.69, 9.17) is 16.3 Å². The molecule has 2 aliphatic heterocycles. The van der Waals surface area contributed by atoms with Crippen LogP contribution in [0.1, 0.15) is 18.4 Å². The number of aromatic amines is 2. The van der Waals surface area contributed by atoms with Crippen molar-refractivity contribution in [2.24, 2.45) is 5.41 Å². The lowest BCUT2D eigenvalue weighted by Crippen LogP contribution is -2.52. The molecule has 7 nitrogen and oxygen atoms in total. The summed E-state index contributed by atoms with van der Waals surface area (Å²) in [5.41, 5.74) is -2.77. The Morgan fingerprint density at radius 2 is 1.94 bits per heavy atom. The van der Waals surface area contributed by atoms with Gasteiger partial charge in [0.1, 0.15) is 0 Å². The molecule has 0 amide bonds. The monoisotopic (exact) mass is 479 g/mol. The SMILES string of the molecule is O=c1[nH]c(=O)c2cc(C(F)(F)F)c(Cl)c(SC[C@H](O)CN3CCC4(CC3)COC4)c2[nH]1. The average molecular weight is 480 g/mol. The normalized spacial score (nSPS) is 20.2. The Kier molecular flexibility index (Phi) is 6.16. The van der Waals surface area contributed by atoms with E-state index < -0.39 is 34.1 Å². The lowest BCUT2D eigenvalue weighted by atomic mass is 9.77. The molecule has 0 bridgehead atoms. The number of β-amino-alcohol motifs (C(OH)–C–C–N with tert-alkyl or cyclic N) is 1. The molecule has 0 aliphatic carbocycles. The number of H-pyrrole nitrogens is 2. The minimum Gasteiger partial charge on any atom is -0.391 e. The molecular weight excluding hydrogens is 459 g/mol. The molecule has 170 valence electrons. The van der Waals surface area contributed by atoms with Crippen LogP contribution in [0, 0.1) is 5.41 Å². The van der Waals surface area contributed by atoms with Gasteiger partial charge in [0.2, 0.25) is 0 Å². The van der Waals surface area contributed by atoms with Crippen molar-refractivity contribution in [1.82, 2.24) is 14.9 Å². The first kappa shape index (κ1) is 22.7. The van der Waals surface area contributed by atoms with Crippen LogP contribution in [0.25, 0.3) is 10.9 Å². The largest absolute Gasteiger partial charge is 0.417 e. The molecule has 31 heavy (non-hydrogen) atoms. The number of aromatic nitrogens is 2. The molecule has 2 fully saturated rings. The molecule has 0 radical (unpaired) electrons. The van der Waals surface area contributed by atoms with E-state index >= 15 is 0 Å². The van der Waals surface area contributed by atoms with E-state index in [9.17, 15) is 27.9 Å². The number of halogens is 4. The third-order valence-corrected chi connectivity index (χ3v) is 7.61. The number of aliphatic hydroxyl groups excluding tert-OH is 1. The number of rotatable bonds is 5. The summed E-state index contributed by atoms with van der Waals surface area (Å²) in [5.74, 6) is 0.0513. The minimum absolute atomic E-state index is 0.0513. The molecule has 1 atom stereocenters. The van der Waals surface area contributed by atoms with E-state index in [2.05, 4.69) is 9.88 Å². The molecule has 3 N–H and O–H groups in total. The van der Waals surface area contributed by atoms with Crippen LogP contribution >= 0.6 is 23.4 Å². The number of thioether (sulfide) groups is 1. The Bertz CT molecular complexity index is 1090. The van der Waals surface area contributed by atoms with Gasteiger partial charge in [-0.2, -0.15) is 13.2 Å². The Morgan fingerprint density at radius 3 is 2.52 bits per heavy atom. The maximum atomic E-state index is 13.4. The van der Waals surface area contributed by atoms with Crippen LogP contribution in [0.2, 0.25) is 5.02 Å². The smallest absolute Gasteiger partial charge is 0.391 e. The minimum atomic E-state index is -4.78. The first-order valence-corrected chi connectivity index (χ1v) is 11.1. The molecule has 2 aromatic rings. The zero-order valence-electron chi connectivity index (χ0n) is 16.4. The second kappa shape index (κ2) is 8.43. The number of benzene rings is 1. The highest BCUT2D eigenvalue weighted by molar-refractivity contribution is 7.99. The summed E-state index contributed by atoms with van der Waals surface area (Å²) in [7, 11) is 0. The zero-order valence-corrected chi connectivity index (χ0v) is 17.9. The summed E-state index contributed by atoms with van der Waals surface area (Å²) < 4.78 is 45.6. The maximum absolute atomic E-state index is 13.4. The molecule has 2 aliphatic rings. The summed E-state index contributed by atoms with van der Waals surface area (Å²) in [6.07, 6.45) is -3.63. The predicted molar refractivity (Wildman–Crippen MR) is 111 cm³/mol. The van der Waals surface area contributed by atoms with E-state index in [1.807, 2.05) is 4.98 Å². The van der Waals surface area contributed by atoms with Gasteiger partial charge in [0.15, 0.2) is 0 Å². The van der Waals surface area contributed by atoms with Crippen LogP contribution in [-0.4, -0.2) is 64.7 Å². The number of ether oxygens (including phenoxy) is 1. The van der Waals surface area contributed by atoms with E-state index in [0.29, 0.717) is 12.6 Å². The standard InChI is InChI=1S/C19H21ClF3N3O4S/c20-13-12(19(21,22)23)5-11-14(24-17(29)25-16(11)28)15(13)31-7-10(27)6-26-3-1-18(2-4-26)8-30-9-18/h5,10,27H,1-4,6-9H2,(H2,24,25,28,29)/t10-/m1/s1. The van der Waals surface area contributed by atoms with Crippen LogP contribution in [-0.2, 0) is 10.9 Å². The van der Waals surface area contributed by atoms with Gasteiger partial charge in [0.25, 0.3) is 5.56 Å². The molecule has 0 saturated carbocycles. The number of piperidine rings is 1. The van der Waals surface area contributed by atoms with Gasteiger partial charge in [-0.3, -0.25) is 9.78 Å². The summed E-state index contributed by atoms with van der Waals surface area (Å²) in [6, 6.07) is 0.626. The number of nitrogens with zero attached hydrogens (tertiary/aromatic N) is 1. The maximum Gasteiger partial charge on any atom is 0.417 e. The Morgan fingerprint density at radius 1 is 1.26 bits per heavy atom. The predicted octanol–water partition coefficient (Wildman–Crippen LogP) is 2.45. The number of aliphatic hydroxyl groups is 1. The van der Waals surface area contributed by atoms with Gasteiger partial charge < -0.3 is 19.7 Å². The molecule has 1 spiro atoms. The summed E-state index contributed by atoms with van der Waals surface area (Å²) in [6.45, 7) is 3.56. The van der Waals surface area contributed by atoms with Gasteiger partial charge >= 0.3 is 11.9 Å². The van der Waals surface area contributed by atoms with Gasteiger partial charge in [0, 0.05) is 17.7 Å².